The number of hydrogen-bond donors (Lipinski definition) is 1. The quantitative estimate of drug-likeness (QED) is 0.654. The summed E-state index contributed by atoms with van der Waals surface area (Å²) in [5, 5.41) is 6.77. The van der Waals surface area contributed by atoms with Crippen LogP contribution >= 0.6 is 11.3 Å². The molecule has 0 aromatic carbocycles. The molecule has 0 aliphatic carbocycles. The van der Waals surface area contributed by atoms with Crippen molar-refractivity contribution in [3.05, 3.63) is 34.6 Å². The van der Waals surface area contributed by atoms with Gasteiger partial charge in [0.25, 0.3) is 0 Å². The minimum absolute atomic E-state index is 0.0732. The van der Waals surface area contributed by atoms with Crippen LogP contribution in [-0.2, 0) is 14.6 Å². The number of rotatable bonds is 4. The summed E-state index contributed by atoms with van der Waals surface area (Å²) in [7, 11) is -3.07. The average molecular weight is 366 g/mol. The van der Waals surface area contributed by atoms with Gasteiger partial charge in [-0.3, -0.25) is 9.36 Å². The van der Waals surface area contributed by atoms with Crippen LogP contribution < -0.4 is 5.43 Å². The first-order chi connectivity index (χ1) is 11.4. The molecular weight excluding hydrogens is 348 g/mol. The summed E-state index contributed by atoms with van der Waals surface area (Å²) in [6.45, 7) is 3.94. The Morgan fingerprint density at radius 3 is 2.92 bits per heavy atom. The van der Waals surface area contributed by atoms with Crippen LogP contribution in [-0.4, -0.2) is 41.6 Å². The molecule has 9 heteroatoms. The fraction of sp³-hybridized carbons (Fsp3) is 0.400. The van der Waals surface area contributed by atoms with E-state index in [1.165, 1.54) is 0 Å². The molecule has 1 N–H and O–H groups in total. The molecule has 24 heavy (non-hydrogen) atoms. The zero-order valence-electron chi connectivity index (χ0n) is 13.4. The molecule has 1 atom stereocenters. The largest absolute Gasteiger partial charge is 0.294 e. The van der Waals surface area contributed by atoms with E-state index >= 15 is 0 Å². The summed E-state index contributed by atoms with van der Waals surface area (Å²) in [5.41, 5.74) is 5.32. The number of nitrogens with zero attached hydrogens (tertiary/aromatic N) is 3. The minimum Gasteiger partial charge on any atom is -0.294 e. The predicted molar refractivity (Wildman–Crippen MR) is 93.4 cm³/mol. The molecule has 1 fully saturated rings. The first kappa shape index (κ1) is 16.8. The zero-order valence-corrected chi connectivity index (χ0v) is 15.0. The molecule has 3 rings (SSSR count). The summed E-state index contributed by atoms with van der Waals surface area (Å²) in [6.07, 6.45) is 3.69. The lowest BCUT2D eigenvalue weighted by Crippen LogP contribution is -2.27. The Morgan fingerprint density at radius 1 is 1.50 bits per heavy atom. The van der Waals surface area contributed by atoms with Crippen molar-refractivity contribution in [1.29, 1.82) is 0 Å². The summed E-state index contributed by atoms with van der Waals surface area (Å²) < 4.78 is 24.8. The molecule has 2 aromatic heterocycles. The molecule has 3 heterocycles. The molecule has 2 aromatic rings. The summed E-state index contributed by atoms with van der Waals surface area (Å²) in [5.74, 6) is -0.868. The van der Waals surface area contributed by atoms with E-state index in [4.69, 9.17) is 0 Å². The lowest BCUT2D eigenvalue weighted by Gasteiger charge is -2.05. The van der Waals surface area contributed by atoms with Crippen molar-refractivity contribution < 1.29 is 13.2 Å². The van der Waals surface area contributed by atoms with Crippen molar-refractivity contribution >= 4 is 33.3 Å². The Bertz CT molecular complexity index is 882. The van der Waals surface area contributed by atoms with Gasteiger partial charge in [-0.25, -0.2) is 18.8 Å². The van der Waals surface area contributed by atoms with Crippen LogP contribution in [0.15, 0.2) is 22.7 Å². The number of hydrazone groups is 1. The zero-order chi connectivity index (χ0) is 17.3. The lowest BCUT2D eigenvalue weighted by atomic mass is 10.1. The number of carbonyl (C=O) groups is 1. The van der Waals surface area contributed by atoms with Crippen molar-refractivity contribution in [3.8, 4) is 5.13 Å². The van der Waals surface area contributed by atoms with Crippen molar-refractivity contribution in [2.24, 2.45) is 11.0 Å². The van der Waals surface area contributed by atoms with Crippen LogP contribution in [0.2, 0.25) is 0 Å². The molecule has 128 valence electrons. The summed E-state index contributed by atoms with van der Waals surface area (Å²) in [4.78, 5) is 16.3. The number of hydrogen-bond acceptors (Lipinski definition) is 6. The monoisotopic (exact) mass is 366 g/mol. The molecule has 1 amide bonds. The van der Waals surface area contributed by atoms with E-state index in [0.29, 0.717) is 6.42 Å². The standard InChI is InChI=1S/C15H18N4O3S2/c1-10-7-13(11(2)19(10)15-16-4-5-23-15)8-17-18-14(20)12-3-6-24(21,22)9-12/h4-5,7-8,12H,3,6,9H2,1-2H3,(H,18,20)/b17-8-/t12-/m0/s1. The Balaban J connectivity index is 1.70. The van der Waals surface area contributed by atoms with E-state index in [0.717, 1.165) is 22.1 Å². The first-order valence-electron chi connectivity index (χ1n) is 7.49. The molecule has 0 unspecified atom stereocenters. The number of nitrogens with one attached hydrogen (secondary N) is 1. The third-order valence-electron chi connectivity index (χ3n) is 4.06. The van der Waals surface area contributed by atoms with E-state index in [2.05, 4.69) is 15.5 Å². The third-order valence-corrected chi connectivity index (χ3v) is 6.59. The van der Waals surface area contributed by atoms with Gasteiger partial charge in [0.2, 0.25) is 5.91 Å². The molecular formula is C15H18N4O3S2. The van der Waals surface area contributed by atoms with Gasteiger partial charge in [0.1, 0.15) is 0 Å². The number of sulfone groups is 1. The van der Waals surface area contributed by atoms with Crippen LogP contribution in [0.3, 0.4) is 0 Å². The molecule has 0 radical (unpaired) electrons. The number of aryl methyl sites for hydroxylation is 1. The van der Waals surface area contributed by atoms with Gasteiger partial charge in [-0.15, -0.1) is 11.3 Å². The number of thiazole rings is 1. The first-order valence-corrected chi connectivity index (χ1v) is 10.2. The van der Waals surface area contributed by atoms with Crippen molar-refractivity contribution in [3.63, 3.8) is 0 Å². The molecule has 1 aliphatic rings. The highest BCUT2D eigenvalue weighted by Gasteiger charge is 2.32. The molecule has 1 aliphatic heterocycles. The Hall–Kier alpha value is -2.00. The van der Waals surface area contributed by atoms with Crippen LogP contribution in [0.25, 0.3) is 5.13 Å². The van der Waals surface area contributed by atoms with Gasteiger partial charge < -0.3 is 0 Å². The lowest BCUT2D eigenvalue weighted by molar-refractivity contribution is -0.124. The van der Waals surface area contributed by atoms with Crippen molar-refractivity contribution in [2.75, 3.05) is 11.5 Å². The van der Waals surface area contributed by atoms with E-state index in [1.807, 2.05) is 29.9 Å². The topological polar surface area (TPSA) is 93.4 Å². The second-order valence-electron chi connectivity index (χ2n) is 5.81. The summed E-state index contributed by atoms with van der Waals surface area (Å²) >= 11 is 1.54. The van der Waals surface area contributed by atoms with Gasteiger partial charge in [-0.05, 0) is 26.3 Å². The second-order valence-corrected chi connectivity index (χ2v) is 8.91. The number of aromatic nitrogens is 2. The van der Waals surface area contributed by atoms with Crippen LogP contribution in [0, 0.1) is 19.8 Å². The molecule has 7 nitrogen and oxygen atoms in total. The Morgan fingerprint density at radius 2 is 2.29 bits per heavy atom. The fourth-order valence-electron chi connectivity index (χ4n) is 2.80. The van der Waals surface area contributed by atoms with Gasteiger partial charge in [-0.2, -0.15) is 5.10 Å². The predicted octanol–water partition coefficient (Wildman–Crippen LogP) is 1.44. The molecule has 1 saturated heterocycles. The van der Waals surface area contributed by atoms with Crippen molar-refractivity contribution in [1.82, 2.24) is 15.0 Å². The van der Waals surface area contributed by atoms with Crippen molar-refractivity contribution in [2.45, 2.75) is 20.3 Å². The van der Waals surface area contributed by atoms with Crippen LogP contribution in [0.5, 0.6) is 0 Å². The van der Waals surface area contributed by atoms with E-state index in [-0.39, 0.29) is 17.4 Å². The van der Waals surface area contributed by atoms with E-state index < -0.39 is 15.8 Å². The normalized spacial score (nSPS) is 19.8. The molecule has 0 saturated carbocycles. The van der Waals surface area contributed by atoms with Gasteiger partial charge in [-0.1, -0.05) is 0 Å². The highest BCUT2D eigenvalue weighted by Crippen LogP contribution is 2.21. The third kappa shape index (κ3) is 3.41. The maximum Gasteiger partial charge on any atom is 0.244 e. The van der Waals surface area contributed by atoms with E-state index in [9.17, 15) is 13.2 Å². The van der Waals surface area contributed by atoms with E-state index in [1.54, 1.807) is 23.7 Å². The maximum atomic E-state index is 12.0. The highest BCUT2D eigenvalue weighted by molar-refractivity contribution is 7.91. The maximum absolute atomic E-state index is 12.0. The highest BCUT2D eigenvalue weighted by atomic mass is 32.2. The fourth-order valence-corrected chi connectivity index (χ4v) is 5.29. The minimum atomic E-state index is -3.07. The number of amides is 1. The number of carbonyl (C=O) groups excluding carboxylic acids is 1. The van der Waals surface area contributed by atoms with Crippen LogP contribution in [0.4, 0.5) is 0 Å². The SMILES string of the molecule is Cc1cc(/C=N\NC(=O)[C@H]2CCS(=O)(=O)C2)c(C)n1-c1nccs1. The summed E-state index contributed by atoms with van der Waals surface area (Å²) in [6, 6.07) is 1.96. The van der Waals surface area contributed by atoms with Gasteiger partial charge in [0, 0.05) is 28.5 Å². The Labute approximate surface area is 144 Å². The van der Waals surface area contributed by atoms with Gasteiger partial charge >= 0.3 is 0 Å². The van der Waals surface area contributed by atoms with Gasteiger partial charge in [0.15, 0.2) is 15.0 Å². The smallest absolute Gasteiger partial charge is 0.244 e. The van der Waals surface area contributed by atoms with Crippen LogP contribution in [0.1, 0.15) is 23.4 Å². The average Bonchev–Trinajstić information content (AvgIpc) is 3.20. The molecule has 0 spiro atoms. The Kier molecular flexibility index (Phi) is 4.55. The second kappa shape index (κ2) is 6.48. The van der Waals surface area contributed by atoms with Gasteiger partial charge in [0.05, 0.1) is 23.6 Å². The molecule has 0 bridgehead atoms.